The van der Waals surface area contributed by atoms with Crippen molar-refractivity contribution in [2.45, 2.75) is 99.9 Å². The number of carboxylic acid groups (broad SMARTS) is 1. The number of rotatable bonds is 13. The highest BCUT2D eigenvalue weighted by Crippen LogP contribution is 2.33. The molecule has 0 radical (unpaired) electrons. The fraction of sp³-hybridized carbons (Fsp3) is 0.564. The number of fused-ring (bicyclic) bond motifs is 3. The van der Waals surface area contributed by atoms with Gasteiger partial charge in [0.15, 0.2) is 0 Å². The zero-order valence-corrected chi connectivity index (χ0v) is 36.1. The van der Waals surface area contributed by atoms with Crippen LogP contribution in [0.2, 0.25) is 0 Å². The molecule has 0 saturated carbocycles. The van der Waals surface area contributed by atoms with Gasteiger partial charge in [0.05, 0.1) is 54.9 Å². The van der Waals surface area contributed by atoms with Gasteiger partial charge in [-0.3, -0.25) is 38.4 Å². The van der Waals surface area contributed by atoms with Crippen LogP contribution in [0.5, 0.6) is 5.75 Å². The Morgan fingerprint density at radius 1 is 1.02 bits per heavy atom. The summed E-state index contributed by atoms with van der Waals surface area (Å²) in [7, 11) is 0. The molecule has 10 atom stereocenters. The number of benzene rings is 1. The largest absolute Gasteiger partial charge is 0.508 e. The Morgan fingerprint density at radius 2 is 1.67 bits per heavy atom. The second kappa shape index (κ2) is 22.6. The quantitative estimate of drug-likeness (QED) is 0.0894. The maximum absolute atomic E-state index is 14.1. The molecule has 0 unspecified atom stereocenters. The van der Waals surface area contributed by atoms with E-state index in [9.17, 15) is 68.7 Å². The number of aromatic nitrogens is 1. The number of carbonyl (C=O) groups excluding carboxylic acids is 8. The predicted molar refractivity (Wildman–Crippen MR) is 225 cm³/mol. The lowest BCUT2D eigenvalue weighted by Gasteiger charge is -2.28. The van der Waals surface area contributed by atoms with Crippen LogP contribution in [0.1, 0.15) is 45.6 Å². The van der Waals surface area contributed by atoms with E-state index in [0.717, 1.165) is 16.7 Å². The highest BCUT2D eigenvalue weighted by molar-refractivity contribution is 7.99. The van der Waals surface area contributed by atoms with E-state index in [1.807, 2.05) is 0 Å². The number of β-amino-alcohol motifs (C(OH)–C–C–N with tert-alkyl or cyclic N) is 1. The third kappa shape index (κ3) is 13.0. The van der Waals surface area contributed by atoms with Crippen LogP contribution in [0.4, 0.5) is 0 Å². The molecule has 1 fully saturated rings. The van der Waals surface area contributed by atoms with Gasteiger partial charge in [-0.15, -0.1) is 11.8 Å². The van der Waals surface area contributed by atoms with E-state index in [1.54, 1.807) is 13.8 Å². The summed E-state index contributed by atoms with van der Waals surface area (Å²) in [6.07, 6.45) is -3.69. The number of thioether (sulfide) groups is 1. The molecule has 4 rings (SSSR count). The summed E-state index contributed by atoms with van der Waals surface area (Å²) in [6, 6.07) is -4.78. The number of aromatic amines is 1. The molecule has 64 heavy (non-hydrogen) atoms. The Morgan fingerprint density at radius 3 is 2.30 bits per heavy atom. The van der Waals surface area contributed by atoms with E-state index in [4.69, 9.17) is 11.5 Å². The summed E-state index contributed by atoms with van der Waals surface area (Å²) in [5.41, 5.74) is 12.2. The van der Waals surface area contributed by atoms with Crippen molar-refractivity contribution in [1.29, 1.82) is 0 Å². The number of hydrogen-bond donors (Lipinski definition) is 14. The number of aliphatic hydroxyl groups is 3. The van der Waals surface area contributed by atoms with Gasteiger partial charge < -0.3 is 78.8 Å². The highest BCUT2D eigenvalue weighted by Gasteiger charge is 2.42. The summed E-state index contributed by atoms with van der Waals surface area (Å²) < 4.78 is 0. The number of phenols is 1. The number of aromatic hydroxyl groups is 1. The van der Waals surface area contributed by atoms with Crippen molar-refractivity contribution in [3.8, 4) is 5.75 Å². The van der Waals surface area contributed by atoms with E-state index >= 15 is 0 Å². The van der Waals surface area contributed by atoms with Gasteiger partial charge in [-0.05, 0) is 23.6 Å². The first-order chi connectivity index (χ1) is 30.1. The second-order valence-electron chi connectivity index (χ2n) is 15.8. The number of amides is 8. The van der Waals surface area contributed by atoms with Gasteiger partial charge in [-0.25, -0.2) is 4.79 Å². The van der Waals surface area contributed by atoms with Gasteiger partial charge in [0, 0.05) is 42.5 Å². The maximum atomic E-state index is 14.1. The molecule has 24 nitrogen and oxygen atoms in total. The summed E-state index contributed by atoms with van der Waals surface area (Å²) in [5, 5.41) is 65.3. The van der Waals surface area contributed by atoms with Crippen molar-refractivity contribution < 1.29 is 68.7 Å². The zero-order chi connectivity index (χ0) is 47.6. The van der Waals surface area contributed by atoms with Crippen molar-refractivity contribution in [3.05, 3.63) is 23.8 Å². The van der Waals surface area contributed by atoms with E-state index < -0.39 is 146 Å². The van der Waals surface area contributed by atoms with Crippen LogP contribution >= 0.6 is 11.8 Å². The molecule has 2 aliphatic heterocycles. The monoisotopic (exact) mass is 920 g/mol. The van der Waals surface area contributed by atoms with Crippen LogP contribution in [0, 0.1) is 11.8 Å². The second-order valence-corrected chi connectivity index (χ2v) is 16.9. The third-order valence-electron chi connectivity index (χ3n) is 11.1. The number of primary amides is 1. The lowest BCUT2D eigenvalue weighted by molar-refractivity contribution is -0.149. The normalized spacial score (nSPS) is 23.9. The van der Waals surface area contributed by atoms with Crippen LogP contribution in [0.3, 0.4) is 0 Å². The molecule has 0 bridgehead atoms. The number of aliphatic carboxylic acids is 1. The smallest absolute Gasteiger partial charge is 0.326 e. The van der Waals surface area contributed by atoms with Crippen LogP contribution in [-0.4, -0.2) is 169 Å². The van der Waals surface area contributed by atoms with Crippen LogP contribution in [0.25, 0.3) is 10.9 Å². The molecule has 1 saturated heterocycles. The highest BCUT2D eigenvalue weighted by atomic mass is 32.2. The van der Waals surface area contributed by atoms with Crippen LogP contribution < -0.4 is 43.4 Å². The zero-order valence-electron chi connectivity index (χ0n) is 35.3. The Balaban J connectivity index is 1.78. The number of aliphatic hydroxyl groups excluding tert-OH is 3. The van der Waals surface area contributed by atoms with Gasteiger partial charge in [0.1, 0.15) is 36.0 Å². The first-order valence-electron chi connectivity index (χ1n) is 20.4. The van der Waals surface area contributed by atoms with E-state index in [1.165, 1.54) is 25.1 Å². The van der Waals surface area contributed by atoms with Crippen molar-refractivity contribution in [2.75, 3.05) is 32.0 Å². The number of hydrogen-bond acceptors (Lipinski definition) is 15. The fourth-order valence-corrected chi connectivity index (χ4v) is 8.24. The van der Waals surface area contributed by atoms with E-state index in [2.05, 4.69) is 36.9 Å². The lowest BCUT2D eigenvalue weighted by atomic mass is 9.95. The Kier molecular flexibility index (Phi) is 17.8. The Bertz CT molecular complexity index is 2100. The first kappa shape index (κ1) is 50.6. The van der Waals surface area contributed by atoms with Gasteiger partial charge in [0.2, 0.25) is 47.3 Å². The molecule has 352 valence electrons. The molecule has 0 aliphatic carbocycles. The number of nitrogens with zero attached hydrogens (tertiary/aromatic N) is 1. The fourth-order valence-electron chi connectivity index (χ4n) is 7.12. The van der Waals surface area contributed by atoms with Crippen LogP contribution in [-0.2, 0) is 49.6 Å². The summed E-state index contributed by atoms with van der Waals surface area (Å²) in [6.45, 7) is 2.29. The molecule has 0 spiro atoms. The van der Waals surface area contributed by atoms with Crippen molar-refractivity contribution in [3.63, 3.8) is 0 Å². The molecule has 8 amide bonds. The van der Waals surface area contributed by atoms with Gasteiger partial charge in [-0.2, -0.15) is 0 Å². The summed E-state index contributed by atoms with van der Waals surface area (Å²) in [5.74, 6) is -10.9. The van der Waals surface area contributed by atoms with Crippen LogP contribution in [0.15, 0.2) is 23.2 Å². The number of nitrogens with two attached hydrogens (primary N) is 2. The minimum absolute atomic E-state index is 0.165. The molecule has 3 heterocycles. The van der Waals surface area contributed by atoms with Crippen molar-refractivity contribution in [1.82, 2.24) is 41.8 Å². The first-order valence-corrected chi connectivity index (χ1v) is 21.4. The number of phenolic OH excluding ortho intramolecular Hbond substituents is 1. The molecule has 2 aliphatic rings. The summed E-state index contributed by atoms with van der Waals surface area (Å²) >= 11 is 0.896. The Labute approximate surface area is 370 Å². The summed E-state index contributed by atoms with van der Waals surface area (Å²) in [4.78, 5) is 123. The van der Waals surface area contributed by atoms with Crippen molar-refractivity contribution >= 4 is 75.9 Å². The minimum atomic E-state index is -1.76. The van der Waals surface area contributed by atoms with E-state index in [0.29, 0.717) is 22.9 Å². The van der Waals surface area contributed by atoms with Gasteiger partial charge in [0.25, 0.3) is 0 Å². The SMILES string of the molecule is CC[C@H](C)[C@@H]1NC(=O)CNC(=O)[C@@H](NC(=O)[C@@H](N)[C@@H](C)[C@@H](O)CO)Cc2c([nH]c3cc(O)ccc23)SC[C@@H](C(=O)N[C@@H](CC(N)=O)C(=O)N2C[C@H](O)C[C@H]2C(=O)O)NC(=O)CNC1=O. The third-order valence-corrected chi connectivity index (χ3v) is 12.3. The molecule has 2 aromatic rings. The molecular formula is C39H56N10O14S. The maximum Gasteiger partial charge on any atom is 0.326 e. The van der Waals surface area contributed by atoms with Gasteiger partial charge >= 0.3 is 5.97 Å². The molecular weight excluding hydrogens is 865 g/mol. The standard InChI is InChI=1S/C39H56N10O14S/c1-4-16(2)32-36(60)43-11-29(55)44-25(34(58)46-24(10-28(40)54)38(61)49-13-19(52)8-26(49)39(62)63)15-64-37-21(20-6-5-18(51)7-22(20)47-37)9-23(33(57)42-12-30(56)48-32)45-35(59)31(41)17(3)27(53)14-50/h5-7,16-17,19,23-27,31-32,47,50-53H,4,8-15,41H2,1-3H3,(H2,40,54)(H,42,57)(H,43,60)(H,44,55)(H,45,59)(H,46,58)(H,48,56)(H,62,63)/t16-,17-,19+,23-,24-,25-,26-,27-,31-,32-/m0/s1. The number of carbonyl (C=O) groups is 9. The van der Waals surface area contributed by atoms with Crippen molar-refractivity contribution in [2.24, 2.45) is 23.3 Å². The average Bonchev–Trinajstić information content (AvgIpc) is 3.81. The lowest BCUT2D eigenvalue weighted by Crippen LogP contribution is -2.58. The number of likely N-dealkylation sites (tertiary alicyclic amines) is 1. The van der Waals surface area contributed by atoms with E-state index in [-0.39, 0.29) is 29.4 Å². The number of nitrogens with one attached hydrogen (secondary N) is 7. The molecule has 25 heteroatoms. The van der Waals surface area contributed by atoms with Gasteiger partial charge in [-0.1, -0.05) is 27.2 Å². The minimum Gasteiger partial charge on any atom is -0.508 e. The number of H-pyrrole nitrogens is 1. The molecule has 16 N–H and O–H groups in total. The Hall–Kier alpha value is -6.02. The molecule has 1 aromatic heterocycles. The number of carboxylic acids is 1. The molecule has 1 aromatic carbocycles. The topological polar surface area (TPSA) is 398 Å². The average molecular weight is 921 g/mol. The predicted octanol–water partition coefficient (Wildman–Crippen LogP) is -5.02.